The Hall–Kier alpha value is -2.61. The van der Waals surface area contributed by atoms with E-state index in [9.17, 15) is 0 Å². The van der Waals surface area contributed by atoms with Crippen molar-refractivity contribution in [3.63, 3.8) is 0 Å². The van der Waals surface area contributed by atoms with Crippen molar-refractivity contribution >= 4 is 72.9 Å². The van der Waals surface area contributed by atoms with Gasteiger partial charge >= 0.3 is 0 Å². The largest absolute Gasteiger partial charge is 0.393 e. The van der Waals surface area contributed by atoms with Crippen molar-refractivity contribution in [2.45, 2.75) is 6.92 Å². The molecule has 4 aromatic rings. The van der Waals surface area contributed by atoms with Crippen LogP contribution in [0.15, 0.2) is 42.7 Å². The Kier molecular flexibility index (Phi) is 4.73. The number of nitrogen functional groups attached to an aromatic ring is 1. The third kappa shape index (κ3) is 3.90. The Morgan fingerprint density at radius 1 is 0.963 bits per heavy atom. The Morgan fingerprint density at radius 3 is 2.41 bits per heavy atom. The van der Waals surface area contributed by atoms with Crippen LogP contribution < -0.4 is 16.4 Å². The predicted molar refractivity (Wildman–Crippen MR) is 114 cm³/mol. The molecule has 0 fully saturated rings. The van der Waals surface area contributed by atoms with Gasteiger partial charge in [-0.3, -0.25) is 0 Å². The summed E-state index contributed by atoms with van der Waals surface area (Å²) in [4.78, 5) is 13.0. The first-order chi connectivity index (χ1) is 13.0. The Labute approximate surface area is 169 Å². The first-order valence-corrected chi connectivity index (χ1v) is 9.53. The average molecular weight is 417 g/mol. The van der Waals surface area contributed by atoms with Crippen molar-refractivity contribution in [3.8, 4) is 0 Å². The minimum Gasteiger partial charge on any atom is -0.393 e. The molecule has 4 rings (SSSR count). The summed E-state index contributed by atoms with van der Waals surface area (Å²) in [6.07, 6.45) is 1.42. The minimum absolute atomic E-state index is 0.365. The molecule has 0 amide bonds. The molecule has 0 saturated carbocycles. The lowest BCUT2D eigenvalue weighted by molar-refractivity contribution is 1.17. The third-order valence-electron chi connectivity index (χ3n) is 3.78. The van der Waals surface area contributed by atoms with Crippen molar-refractivity contribution < 1.29 is 0 Å². The zero-order chi connectivity index (χ0) is 19.0. The van der Waals surface area contributed by atoms with Crippen LogP contribution in [0.4, 0.5) is 28.1 Å². The number of rotatable bonds is 4. The maximum absolute atomic E-state index is 6.23. The lowest BCUT2D eigenvalue weighted by atomic mass is 10.2. The molecule has 136 valence electrons. The average Bonchev–Trinajstić information content (AvgIpc) is 2.99. The van der Waals surface area contributed by atoms with Crippen LogP contribution in [-0.4, -0.2) is 15.0 Å². The molecular formula is C18H14Cl2N6S. The lowest BCUT2D eigenvalue weighted by Gasteiger charge is -2.11. The van der Waals surface area contributed by atoms with Gasteiger partial charge in [-0.1, -0.05) is 40.6 Å². The highest BCUT2D eigenvalue weighted by Gasteiger charge is 2.12. The van der Waals surface area contributed by atoms with Gasteiger partial charge in [0.15, 0.2) is 16.8 Å². The number of halogens is 2. The molecule has 0 aliphatic heterocycles. The van der Waals surface area contributed by atoms with Gasteiger partial charge in [0.2, 0.25) is 0 Å². The molecule has 4 N–H and O–H groups in total. The summed E-state index contributed by atoms with van der Waals surface area (Å²) in [6, 6.07) is 11.2. The SMILES string of the molecule is Cc1ccc2nc(Nc3ncnc(Nc4cc(Cl)cc(Cl)c4)c3N)sc2c1. The number of nitrogens with zero attached hydrogens (tertiary/aromatic N) is 3. The van der Waals surface area contributed by atoms with Crippen LogP contribution in [0, 0.1) is 6.92 Å². The molecule has 0 atom stereocenters. The van der Waals surface area contributed by atoms with E-state index in [1.54, 1.807) is 18.2 Å². The molecule has 0 bridgehead atoms. The van der Waals surface area contributed by atoms with Crippen molar-refractivity contribution in [1.29, 1.82) is 0 Å². The standard InChI is InChI=1S/C18H14Cl2N6S/c1-9-2-3-13-14(4-9)27-18(25-13)26-17-15(21)16(22-8-23-17)24-12-6-10(19)5-11(20)7-12/h2-8H,21H2,1H3,(H2,22,23,24,25,26). The summed E-state index contributed by atoms with van der Waals surface area (Å²) < 4.78 is 1.09. The maximum Gasteiger partial charge on any atom is 0.189 e. The van der Waals surface area contributed by atoms with Crippen LogP contribution in [0.2, 0.25) is 10.0 Å². The van der Waals surface area contributed by atoms with E-state index in [2.05, 4.69) is 38.6 Å². The number of anilines is 5. The molecule has 6 nitrogen and oxygen atoms in total. The molecule has 0 aliphatic carbocycles. The van der Waals surface area contributed by atoms with Gasteiger partial charge in [-0.05, 0) is 42.8 Å². The molecule has 0 unspecified atom stereocenters. The first kappa shape index (κ1) is 17.8. The fourth-order valence-electron chi connectivity index (χ4n) is 2.54. The third-order valence-corrected chi connectivity index (χ3v) is 5.15. The monoisotopic (exact) mass is 416 g/mol. The fraction of sp³-hybridized carbons (Fsp3) is 0.0556. The van der Waals surface area contributed by atoms with E-state index in [0.29, 0.717) is 38.2 Å². The Bertz CT molecular complexity index is 1120. The second-order valence-corrected chi connectivity index (χ2v) is 7.79. The van der Waals surface area contributed by atoms with Crippen molar-refractivity contribution in [3.05, 3.63) is 58.3 Å². The number of fused-ring (bicyclic) bond motifs is 1. The topological polar surface area (TPSA) is 88.8 Å². The molecule has 2 aromatic heterocycles. The van der Waals surface area contributed by atoms with Gasteiger partial charge in [-0.2, -0.15) is 0 Å². The highest BCUT2D eigenvalue weighted by Crippen LogP contribution is 2.33. The quantitative estimate of drug-likeness (QED) is 0.391. The Balaban J connectivity index is 1.62. The summed E-state index contributed by atoms with van der Waals surface area (Å²) in [5, 5.41) is 8.02. The zero-order valence-corrected chi connectivity index (χ0v) is 16.5. The number of hydrogen-bond donors (Lipinski definition) is 3. The van der Waals surface area contributed by atoms with Gasteiger partial charge in [-0.15, -0.1) is 0 Å². The van der Waals surface area contributed by atoms with E-state index in [1.165, 1.54) is 23.2 Å². The summed E-state index contributed by atoms with van der Waals surface area (Å²) in [7, 11) is 0. The van der Waals surface area contributed by atoms with Gasteiger partial charge in [-0.25, -0.2) is 15.0 Å². The number of thiazole rings is 1. The van der Waals surface area contributed by atoms with Crippen LogP contribution in [0.3, 0.4) is 0 Å². The molecule has 9 heteroatoms. The summed E-state index contributed by atoms with van der Waals surface area (Å²) >= 11 is 13.6. The molecular weight excluding hydrogens is 403 g/mol. The second kappa shape index (κ2) is 7.19. The lowest BCUT2D eigenvalue weighted by Crippen LogP contribution is -2.05. The molecule has 2 heterocycles. The fourth-order valence-corrected chi connectivity index (χ4v) is 4.03. The number of nitrogens with two attached hydrogens (primary N) is 1. The van der Waals surface area contributed by atoms with E-state index in [0.717, 1.165) is 10.2 Å². The van der Waals surface area contributed by atoms with Crippen molar-refractivity contribution in [2.75, 3.05) is 16.4 Å². The predicted octanol–water partition coefficient (Wildman–Crippen LogP) is 5.77. The normalized spacial score (nSPS) is 10.9. The summed E-state index contributed by atoms with van der Waals surface area (Å²) in [6.45, 7) is 2.05. The summed E-state index contributed by atoms with van der Waals surface area (Å²) in [5.74, 6) is 0.916. The molecule has 0 aliphatic rings. The zero-order valence-electron chi connectivity index (χ0n) is 14.1. The van der Waals surface area contributed by atoms with Gasteiger partial charge in [0, 0.05) is 15.7 Å². The minimum atomic E-state index is 0.365. The highest BCUT2D eigenvalue weighted by atomic mass is 35.5. The van der Waals surface area contributed by atoms with Crippen LogP contribution in [0.1, 0.15) is 5.56 Å². The van der Waals surface area contributed by atoms with Crippen molar-refractivity contribution in [2.24, 2.45) is 0 Å². The van der Waals surface area contributed by atoms with Crippen LogP contribution in [0.25, 0.3) is 10.2 Å². The molecule has 2 aromatic carbocycles. The van der Waals surface area contributed by atoms with E-state index in [4.69, 9.17) is 28.9 Å². The number of hydrogen-bond acceptors (Lipinski definition) is 7. The van der Waals surface area contributed by atoms with Gasteiger partial charge < -0.3 is 16.4 Å². The molecule has 0 saturated heterocycles. The van der Waals surface area contributed by atoms with Crippen LogP contribution in [0.5, 0.6) is 0 Å². The molecule has 0 spiro atoms. The van der Waals surface area contributed by atoms with E-state index in [1.807, 2.05) is 12.1 Å². The van der Waals surface area contributed by atoms with Crippen LogP contribution in [-0.2, 0) is 0 Å². The van der Waals surface area contributed by atoms with E-state index < -0.39 is 0 Å². The van der Waals surface area contributed by atoms with Gasteiger partial charge in [0.25, 0.3) is 0 Å². The van der Waals surface area contributed by atoms with E-state index >= 15 is 0 Å². The van der Waals surface area contributed by atoms with Gasteiger partial charge in [0.05, 0.1) is 10.2 Å². The number of aromatic nitrogens is 3. The smallest absolute Gasteiger partial charge is 0.189 e. The molecule has 27 heavy (non-hydrogen) atoms. The first-order valence-electron chi connectivity index (χ1n) is 7.96. The Morgan fingerprint density at radius 2 is 1.67 bits per heavy atom. The van der Waals surface area contributed by atoms with E-state index in [-0.39, 0.29) is 0 Å². The maximum atomic E-state index is 6.23. The van der Waals surface area contributed by atoms with Crippen LogP contribution >= 0.6 is 34.5 Å². The van der Waals surface area contributed by atoms with Gasteiger partial charge in [0.1, 0.15) is 12.0 Å². The molecule has 0 radical (unpaired) electrons. The summed E-state index contributed by atoms with van der Waals surface area (Å²) in [5.41, 5.74) is 9.39. The number of aryl methyl sites for hydroxylation is 1. The van der Waals surface area contributed by atoms with Crippen molar-refractivity contribution in [1.82, 2.24) is 15.0 Å². The second-order valence-electron chi connectivity index (χ2n) is 5.88. The highest BCUT2D eigenvalue weighted by molar-refractivity contribution is 7.22. The number of nitrogens with one attached hydrogen (secondary N) is 2. The number of benzene rings is 2.